The monoisotopic (exact) mass is 312 g/mol. The summed E-state index contributed by atoms with van der Waals surface area (Å²) in [6.45, 7) is 1.27. The number of rotatable bonds is 4. The molecule has 0 saturated heterocycles. The summed E-state index contributed by atoms with van der Waals surface area (Å²) >= 11 is 6.18. The third-order valence-electron chi connectivity index (χ3n) is 3.53. The second-order valence-corrected chi connectivity index (χ2v) is 5.47. The van der Waals surface area contributed by atoms with Gasteiger partial charge in [0.05, 0.1) is 0 Å². The number of nitrogens with one attached hydrogen (secondary N) is 1. The number of nitrogens with zero attached hydrogens (tertiary/aromatic N) is 1. The topological polar surface area (TPSA) is 33.6 Å². The van der Waals surface area contributed by atoms with E-state index in [1.165, 1.54) is 0 Å². The van der Waals surface area contributed by atoms with E-state index in [2.05, 4.69) is 34.7 Å². The molecule has 112 valence electrons. The summed E-state index contributed by atoms with van der Waals surface area (Å²) in [5.41, 5.74) is 0. The molecule has 0 fully saturated rings. The first-order chi connectivity index (χ1) is 10.8. The fourth-order valence-electron chi connectivity index (χ4n) is 2.42. The molecule has 3 aromatic rings. The van der Waals surface area contributed by atoms with E-state index in [0.29, 0.717) is 11.6 Å². The first-order valence-electron chi connectivity index (χ1n) is 7.21. The Morgan fingerprint density at radius 1 is 1.00 bits per heavy atom. The molecule has 22 heavy (non-hydrogen) atoms. The SMILES string of the molecule is CNCCO/N=c1/c2ccccc2ccc2ccc(Cl)cc12. The van der Waals surface area contributed by atoms with Gasteiger partial charge in [-0.15, -0.1) is 0 Å². The summed E-state index contributed by atoms with van der Waals surface area (Å²) in [5, 5.41) is 13.1. The quantitative estimate of drug-likeness (QED) is 0.589. The Balaban J connectivity index is 2.33. The van der Waals surface area contributed by atoms with Gasteiger partial charge in [-0.1, -0.05) is 59.2 Å². The number of halogens is 1. The third kappa shape index (κ3) is 3.06. The van der Waals surface area contributed by atoms with E-state index in [1.54, 1.807) is 0 Å². The Labute approximate surface area is 134 Å². The summed E-state index contributed by atoms with van der Waals surface area (Å²) in [6.07, 6.45) is 0. The lowest BCUT2D eigenvalue weighted by atomic mass is 10.1. The van der Waals surface area contributed by atoms with Gasteiger partial charge in [0.1, 0.15) is 12.0 Å². The molecule has 0 unspecified atom stereocenters. The molecular formula is C18H17ClN2O. The minimum absolute atomic E-state index is 0.519. The summed E-state index contributed by atoms with van der Waals surface area (Å²) in [5.74, 6) is 0. The van der Waals surface area contributed by atoms with Crippen LogP contribution >= 0.6 is 11.6 Å². The van der Waals surface area contributed by atoms with Crippen molar-refractivity contribution in [3.63, 3.8) is 0 Å². The first kappa shape index (κ1) is 14.8. The molecule has 3 aromatic carbocycles. The molecule has 3 rings (SSSR count). The van der Waals surface area contributed by atoms with Gasteiger partial charge in [0, 0.05) is 22.3 Å². The average Bonchev–Trinajstić information content (AvgIpc) is 2.69. The van der Waals surface area contributed by atoms with Gasteiger partial charge in [-0.3, -0.25) is 0 Å². The zero-order valence-corrected chi connectivity index (χ0v) is 13.1. The zero-order chi connectivity index (χ0) is 15.4. The molecule has 0 heterocycles. The minimum Gasteiger partial charge on any atom is -0.394 e. The molecule has 0 aliphatic rings. The lowest BCUT2D eigenvalue weighted by molar-refractivity contribution is 0.138. The van der Waals surface area contributed by atoms with Gasteiger partial charge in [-0.25, -0.2) is 0 Å². The van der Waals surface area contributed by atoms with E-state index in [4.69, 9.17) is 16.4 Å². The van der Waals surface area contributed by atoms with Crippen molar-refractivity contribution in [2.45, 2.75) is 0 Å². The molecular weight excluding hydrogens is 296 g/mol. The average molecular weight is 313 g/mol. The Hall–Kier alpha value is -2.10. The van der Waals surface area contributed by atoms with E-state index in [-0.39, 0.29) is 0 Å². The molecule has 0 aliphatic carbocycles. The molecule has 0 radical (unpaired) electrons. The van der Waals surface area contributed by atoms with Crippen LogP contribution < -0.4 is 10.7 Å². The Morgan fingerprint density at radius 3 is 2.55 bits per heavy atom. The molecule has 1 N–H and O–H groups in total. The third-order valence-corrected chi connectivity index (χ3v) is 3.76. The number of likely N-dealkylation sites (N-methyl/N-ethyl adjacent to an activating group) is 1. The number of hydrogen-bond acceptors (Lipinski definition) is 3. The van der Waals surface area contributed by atoms with Crippen LogP contribution in [-0.2, 0) is 4.84 Å². The lowest BCUT2D eigenvalue weighted by Gasteiger charge is -2.00. The van der Waals surface area contributed by atoms with Gasteiger partial charge in [0.15, 0.2) is 0 Å². The van der Waals surface area contributed by atoms with Gasteiger partial charge in [0.25, 0.3) is 0 Å². The Morgan fingerprint density at radius 2 is 1.73 bits per heavy atom. The van der Waals surface area contributed by atoms with E-state index in [1.807, 2.05) is 37.4 Å². The standard InChI is InChI=1S/C18H17ClN2O/c1-20-10-11-22-21-18-16-5-3-2-4-13(16)6-7-14-8-9-15(19)12-17(14)18/h2-9,12,20H,10-11H2,1H3/b21-18-. The van der Waals surface area contributed by atoms with Crippen molar-refractivity contribution >= 4 is 33.1 Å². The maximum atomic E-state index is 6.18. The molecule has 3 nitrogen and oxygen atoms in total. The highest BCUT2D eigenvalue weighted by Crippen LogP contribution is 2.19. The highest BCUT2D eigenvalue weighted by Gasteiger charge is 2.02. The molecule has 0 aliphatic heterocycles. The molecule has 0 aromatic heterocycles. The van der Waals surface area contributed by atoms with E-state index >= 15 is 0 Å². The van der Waals surface area contributed by atoms with E-state index in [0.717, 1.165) is 33.4 Å². The largest absolute Gasteiger partial charge is 0.394 e. The number of fused-ring (bicyclic) bond motifs is 2. The van der Waals surface area contributed by atoms with Crippen molar-refractivity contribution in [2.24, 2.45) is 5.16 Å². The molecule has 0 atom stereocenters. The smallest absolute Gasteiger partial charge is 0.129 e. The number of hydrogen-bond donors (Lipinski definition) is 1. The van der Waals surface area contributed by atoms with Crippen molar-refractivity contribution in [3.8, 4) is 0 Å². The van der Waals surface area contributed by atoms with Gasteiger partial charge in [0.2, 0.25) is 0 Å². The fraction of sp³-hybridized carbons (Fsp3) is 0.167. The van der Waals surface area contributed by atoms with Crippen LogP contribution in [0.25, 0.3) is 21.5 Å². The Kier molecular flexibility index (Phi) is 4.56. The minimum atomic E-state index is 0.519. The molecule has 4 heteroatoms. The second kappa shape index (κ2) is 6.77. The first-order valence-corrected chi connectivity index (χ1v) is 7.59. The van der Waals surface area contributed by atoms with Crippen molar-refractivity contribution in [2.75, 3.05) is 20.2 Å². The molecule has 0 saturated carbocycles. The number of benzene rings is 2. The van der Waals surface area contributed by atoms with Gasteiger partial charge < -0.3 is 10.2 Å². The van der Waals surface area contributed by atoms with Crippen LogP contribution in [0.3, 0.4) is 0 Å². The van der Waals surface area contributed by atoms with Crippen LogP contribution in [0.2, 0.25) is 5.02 Å². The van der Waals surface area contributed by atoms with Gasteiger partial charge in [-0.2, -0.15) is 0 Å². The predicted molar refractivity (Wildman–Crippen MR) is 91.9 cm³/mol. The van der Waals surface area contributed by atoms with E-state index < -0.39 is 0 Å². The van der Waals surface area contributed by atoms with Crippen LogP contribution in [0, 0.1) is 0 Å². The highest BCUT2D eigenvalue weighted by atomic mass is 35.5. The summed E-state index contributed by atoms with van der Waals surface area (Å²) in [4.78, 5) is 5.48. The van der Waals surface area contributed by atoms with Gasteiger partial charge in [-0.05, 0) is 30.0 Å². The van der Waals surface area contributed by atoms with Crippen LogP contribution in [0.15, 0.2) is 59.8 Å². The molecule has 0 bridgehead atoms. The van der Waals surface area contributed by atoms with Crippen LogP contribution in [0.5, 0.6) is 0 Å². The summed E-state index contributed by atoms with van der Waals surface area (Å²) in [6, 6.07) is 18.2. The molecule has 0 amide bonds. The van der Waals surface area contributed by atoms with Crippen LogP contribution in [0.4, 0.5) is 0 Å². The van der Waals surface area contributed by atoms with Crippen molar-refractivity contribution in [3.05, 3.63) is 65.0 Å². The molecule has 0 spiro atoms. The Bertz CT molecular complexity index is 877. The maximum absolute atomic E-state index is 6.18. The lowest BCUT2D eigenvalue weighted by Crippen LogP contribution is -2.14. The van der Waals surface area contributed by atoms with Crippen molar-refractivity contribution < 1.29 is 4.84 Å². The summed E-state index contributed by atoms with van der Waals surface area (Å²) in [7, 11) is 1.89. The van der Waals surface area contributed by atoms with Crippen LogP contribution in [0.1, 0.15) is 0 Å². The second-order valence-electron chi connectivity index (χ2n) is 5.03. The zero-order valence-electron chi connectivity index (χ0n) is 12.3. The normalized spacial score (nSPS) is 12.0. The maximum Gasteiger partial charge on any atom is 0.129 e. The fourth-order valence-corrected chi connectivity index (χ4v) is 2.59. The highest BCUT2D eigenvalue weighted by molar-refractivity contribution is 6.31. The summed E-state index contributed by atoms with van der Waals surface area (Å²) < 4.78 is 0. The van der Waals surface area contributed by atoms with Crippen LogP contribution in [-0.4, -0.2) is 20.2 Å². The van der Waals surface area contributed by atoms with Gasteiger partial charge >= 0.3 is 0 Å². The van der Waals surface area contributed by atoms with E-state index in [9.17, 15) is 0 Å². The van der Waals surface area contributed by atoms with Crippen molar-refractivity contribution in [1.82, 2.24) is 5.32 Å². The van der Waals surface area contributed by atoms with Crippen molar-refractivity contribution in [1.29, 1.82) is 0 Å². The predicted octanol–water partition coefficient (Wildman–Crippen LogP) is 3.70.